The SMILES string of the molecule is CC(C)CC(N)C(=O)OCCOC(=O)C(N)CC(C)C.Cc1ccc(S(=O)(=O)O)cc1.Cc1ccc(S(=O)(=O)O)cc1. The maximum absolute atomic E-state index is 11.5. The van der Waals surface area contributed by atoms with Crippen LogP contribution < -0.4 is 11.5 Å². The van der Waals surface area contributed by atoms with Crippen LogP contribution in [0.3, 0.4) is 0 Å². The Morgan fingerprint density at radius 2 is 0.905 bits per heavy atom. The van der Waals surface area contributed by atoms with Crippen molar-refractivity contribution in [1.82, 2.24) is 0 Å². The predicted molar refractivity (Wildman–Crippen MR) is 159 cm³/mol. The van der Waals surface area contributed by atoms with E-state index in [0.717, 1.165) is 11.1 Å². The Labute approximate surface area is 249 Å². The molecular weight excluding hydrogens is 588 g/mol. The number of rotatable bonds is 11. The molecule has 2 rings (SSSR count). The number of esters is 2. The van der Waals surface area contributed by atoms with E-state index in [4.69, 9.17) is 30.0 Å². The fourth-order valence-corrected chi connectivity index (χ4v) is 4.09. The fourth-order valence-electron chi connectivity index (χ4n) is 3.13. The summed E-state index contributed by atoms with van der Waals surface area (Å²) in [6.45, 7) is 11.6. The van der Waals surface area contributed by atoms with Crippen molar-refractivity contribution in [3.8, 4) is 0 Å². The molecule has 0 amide bonds. The summed E-state index contributed by atoms with van der Waals surface area (Å²) in [6.07, 6.45) is 1.13. The summed E-state index contributed by atoms with van der Waals surface area (Å²) in [7, 11) is -8.04. The van der Waals surface area contributed by atoms with Crippen LogP contribution in [0.4, 0.5) is 0 Å². The molecule has 0 aliphatic rings. The lowest BCUT2D eigenvalue weighted by Crippen LogP contribution is -2.36. The summed E-state index contributed by atoms with van der Waals surface area (Å²) in [6, 6.07) is 10.7. The molecule has 0 aromatic heterocycles. The molecule has 0 fully saturated rings. The maximum Gasteiger partial charge on any atom is 0.323 e. The van der Waals surface area contributed by atoms with Gasteiger partial charge >= 0.3 is 11.9 Å². The Morgan fingerprint density at radius 3 is 1.12 bits per heavy atom. The lowest BCUT2D eigenvalue weighted by atomic mass is 10.1. The largest absolute Gasteiger partial charge is 0.461 e. The molecule has 0 radical (unpaired) electrons. The molecule has 0 bridgehead atoms. The van der Waals surface area contributed by atoms with Crippen LogP contribution in [0, 0.1) is 25.7 Å². The van der Waals surface area contributed by atoms with Crippen LogP contribution in [0.2, 0.25) is 0 Å². The molecular formula is C28H44N2O10S2. The van der Waals surface area contributed by atoms with Crippen LogP contribution >= 0.6 is 0 Å². The Bertz CT molecular complexity index is 1210. The number of benzene rings is 2. The molecule has 2 unspecified atom stereocenters. The minimum Gasteiger partial charge on any atom is -0.461 e. The first-order chi connectivity index (χ1) is 19.2. The second kappa shape index (κ2) is 18.6. The first kappa shape index (κ1) is 39.1. The van der Waals surface area contributed by atoms with Gasteiger partial charge in [-0.3, -0.25) is 18.7 Å². The van der Waals surface area contributed by atoms with Crippen molar-refractivity contribution in [2.24, 2.45) is 23.3 Å². The third-order valence-corrected chi connectivity index (χ3v) is 7.00. The van der Waals surface area contributed by atoms with Gasteiger partial charge in [0, 0.05) is 0 Å². The van der Waals surface area contributed by atoms with E-state index in [1.54, 1.807) is 24.3 Å². The molecule has 0 saturated carbocycles. The quantitative estimate of drug-likeness (QED) is 0.160. The Hall–Kier alpha value is -2.88. The molecule has 0 heterocycles. The van der Waals surface area contributed by atoms with Crippen LogP contribution in [0.15, 0.2) is 58.3 Å². The molecule has 0 aliphatic carbocycles. The monoisotopic (exact) mass is 632 g/mol. The number of hydrogen-bond acceptors (Lipinski definition) is 10. The van der Waals surface area contributed by atoms with Crippen LogP contribution in [0.5, 0.6) is 0 Å². The molecule has 2 aromatic carbocycles. The van der Waals surface area contributed by atoms with Crippen LogP contribution in [0.1, 0.15) is 51.7 Å². The number of aryl methyl sites for hydroxylation is 2. The summed E-state index contributed by atoms with van der Waals surface area (Å²) in [4.78, 5) is 22.8. The van der Waals surface area contributed by atoms with Crippen molar-refractivity contribution < 1.29 is 45.0 Å². The highest BCUT2D eigenvalue weighted by atomic mass is 32.2. The van der Waals surface area contributed by atoms with Crippen LogP contribution in [0.25, 0.3) is 0 Å². The molecule has 0 saturated heterocycles. The van der Waals surface area contributed by atoms with Crippen molar-refractivity contribution in [3.05, 3.63) is 59.7 Å². The van der Waals surface area contributed by atoms with E-state index in [2.05, 4.69) is 0 Å². The van der Waals surface area contributed by atoms with Gasteiger partial charge in [0.25, 0.3) is 20.2 Å². The molecule has 14 heteroatoms. The second-order valence-corrected chi connectivity index (χ2v) is 13.2. The molecule has 6 N–H and O–H groups in total. The Balaban J connectivity index is 0.000000645. The van der Waals surface area contributed by atoms with Gasteiger partial charge in [0.1, 0.15) is 25.3 Å². The van der Waals surface area contributed by atoms with Crippen molar-refractivity contribution >= 4 is 32.2 Å². The topological polar surface area (TPSA) is 213 Å². The highest BCUT2D eigenvalue weighted by Crippen LogP contribution is 2.10. The maximum atomic E-state index is 11.5. The molecule has 0 aliphatic heterocycles. The van der Waals surface area contributed by atoms with E-state index >= 15 is 0 Å². The Kier molecular flexibility index (Phi) is 17.3. The van der Waals surface area contributed by atoms with Gasteiger partial charge in [-0.25, -0.2) is 0 Å². The zero-order valence-corrected chi connectivity index (χ0v) is 26.5. The van der Waals surface area contributed by atoms with E-state index in [1.165, 1.54) is 24.3 Å². The zero-order valence-electron chi connectivity index (χ0n) is 24.9. The first-order valence-electron chi connectivity index (χ1n) is 13.2. The summed E-state index contributed by atoms with van der Waals surface area (Å²) in [5.41, 5.74) is 13.2. The number of nitrogens with two attached hydrogens (primary N) is 2. The third kappa shape index (κ3) is 17.8. The number of carbonyl (C=O) groups is 2. The van der Waals surface area contributed by atoms with E-state index in [-0.39, 0.29) is 23.0 Å². The third-order valence-electron chi connectivity index (χ3n) is 5.27. The molecule has 2 aromatic rings. The van der Waals surface area contributed by atoms with Gasteiger partial charge in [0.2, 0.25) is 0 Å². The average molecular weight is 633 g/mol. The number of hydrogen-bond donors (Lipinski definition) is 4. The lowest BCUT2D eigenvalue weighted by molar-refractivity contribution is -0.154. The average Bonchev–Trinajstić information content (AvgIpc) is 2.85. The molecule has 0 spiro atoms. The standard InChI is InChI=1S/C14H28N2O4.2C7H8O3S/c1-9(2)7-11(15)13(17)19-5-6-20-14(18)12(16)8-10(3)4;2*1-6-2-4-7(5-3-6)11(8,9)10/h9-12H,5-8,15-16H2,1-4H3;2*2-5H,1H3,(H,8,9,10). The number of ether oxygens (including phenoxy) is 2. The summed E-state index contributed by atoms with van der Waals surface area (Å²) in [5.74, 6) is -0.295. The highest BCUT2D eigenvalue weighted by Gasteiger charge is 2.18. The number of carbonyl (C=O) groups excluding carboxylic acids is 2. The van der Waals surface area contributed by atoms with Crippen molar-refractivity contribution in [2.75, 3.05) is 13.2 Å². The van der Waals surface area contributed by atoms with Crippen molar-refractivity contribution in [1.29, 1.82) is 0 Å². The Morgan fingerprint density at radius 1 is 0.643 bits per heavy atom. The lowest BCUT2D eigenvalue weighted by Gasteiger charge is -2.15. The molecule has 2 atom stereocenters. The van der Waals surface area contributed by atoms with E-state index in [0.29, 0.717) is 24.7 Å². The van der Waals surface area contributed by atoms with Crippen molar-refractivity contribution in [2.45, 2.75) is 76.3 Å². The molecule has 42 heavy (non-hydrogen) atoms. The normalized spacial score (nSPS) is 12.8. The molecule has 238 valence electrons. The minimum absolute atomic E-state index is 0.00473. The van der Waals surface area contributed by atoms with Gasteiger partial charge < -0.3 is 20.9 Å². The van der Waals surface area contributed by atoms with Crippen LogP contribution in [-0.2, 0) is 39.3 Å². The van der Waals surface area contributed by atoms with E-state index in [1.807, 2.05) is 41.5 Å². The van der Waals surface area contributed by atoms with Gasteiger partial charge in [-0.05, 0) is 62.8 Å². The minimum atomic E-state index is -4.02. The van der Waals surface area contributed by atoms with Crippen molar-refractivity contribution in [3.63, 3.8) is 0 Å². The zero-order chi connectivity index (χ0) is 32.7. The van der Waals surface area contributed by atoms with Gasteiger partial charge in [0.15, 0.2) is 0 Å². The smallest absolute Gasteiger partial charge is 0.323 e. The van der Waals surface area contributed by atoms with E-state index in [9.17, 15) is 26.4 Å². The summed E-state index contributed by atoms with van der Waals surface area (Å²) in [5, 5.41) is 0. The summed E-state index contributed by atoms with van der Waals surface area (Å²) < 4.78 is 69.0. The predicted octanol–water partition coefficient (Wildman–Crippen LogP) is 3.30. The second-order valence-electron chi connectivity index (χ2n) is 10.4. The van der Waals surface area contributed by atoms with Gasteiger partial charge in [-0.1, -0.05) is 63.1 Å². The van der Waals surface area contributed by atoms with E-state index < -0.39 is 44.3 Å². The van der Waals surface area contributed by atoms with Crippen LogP contribution in [-0.4, -0.2) is 63.2 Å². The van der Waals surface area contributed by atoms with Gasteiger partial charge in [0.05, 0.1) is 9.79 Å². The first-order valence-corrected chi connectivity index (χ1v) is 16.0. The summed E-state index contributed by atoms with van der Waals surface area (Å²) >= 11 is 0. The highest BCUT2D eigenvalue weighted by molar-refractivity contribution is 7.86. The van der Waals surface area contributed by atoms with Gasteiger partial charge in [-0.15, -0.1) is 0 Å². The fraction of sp³-hybridized carbons (Fsp3) is 0.500. The molecule has 12 nitrogen and oxygen atoms in total. The van der Waals surface area contributed by atoms with Gasteiger partial charge in [-0.2, -0.15) is 16.8 Å².